The van der Waals surface area contributed by atoms with Crippen molar-refractivity contribution in [1.82, 2.24) is 0 Å². The van der Waals surface area contributed by atoms with Crippen molar-refractivity contribution < 1.29 is 9.53 Å². The predicted molar refractivity (Wildman–Crippen MR) is 68.2 cm³/mol. The first-order valence-corrected chi connectivity index (χ1v) is 5.91. The normalized spacial score (nSPS) is 14.5. The lowest BCUT2D eigenvalue weighted by molar-refractivity contribution is 0.0601. The van der Waals surface area contributed by atoms with Gasteiger partial charge in [0, 0.05) is 12.6 Å². The summed E-state index contributed by atoms with van der Waals surface area (Å²) in [5.41, 5.74) is 8.16. The molecule has 0 bridgehead atoms. The average Bonchev–Trinajstić information content (AvgIpc) is 3.15. The minimum absolute atomic E-state index is 0.349. The van der Waals surface area contributed by atoms with Crippen molar-refractivity contribution in [1.29, 1.82) is 0 Å². The van der Waals surface area contributed by atoms with Gasteiger partial charge in [0.15, 0.2) is 0 Å². The number of esters is 1. The maximum Gasteiger partial charge on any atom is 0.337 e. The van der Waals surface area contributed by atoms with Crippen LogP contribution in [0.25, 0.3) is 0 Å². The number of ether oxygens (including phenoxy) is 1. The number of nitrogens with zero attached hydrogens (tertiary/aromatic N) is 1. The third kappa shape index (κ3) is 2.35. The van der Waals surface area contributed by atoms with Crippen LogP contribution in [-0.2, 0) is 4.74 Å². The Morgan fingerprint density at radius 2 is 2.24 bits per heavy atom. The summed E-state index contributed by atoms with van der Waals surface area (Å²) in [6.07, 6.45) is 2.46. The van der Waals surface area contributed by atoms with Crippen molar-refractivity contribution in [2.75, 3.05) is 24.3 Å². The monoisotopic (exact) mass is 234 g/mol. The third-order valence-corrected chi connectivity index (χ3v) is 3.09. The molecule has 92 valence electrons. The van der Waals surface area contributed by atoms with Gasteiger partial charge in [-0.1, -0.05) is 0 Å². The van der Waals surface area contributed by atoms with Crippen molar-refractivity contribution >= 4 is 17.3 Å². The average molecular weight is 234 g/mol. The van der Waals surface area contributed by atoms with Crippen molar-refractivity contribution in [2.45, 2.75) is 25.8 Å². The number of carbonyl (C=O) groups excluding carboxylic acids is 1. The van der Waals surface area contributed by atoms with E-state index in [1.165, 1.54) is 20.0 Å². The quantitative estimate of drug-likeness (QED) is 0.640. The molecule has 1 aliphatic rings. The molecule has 0 aromatic heterocycles. The number of nitrogens with two attached hydrogens (primary N) is 1. The summed E-state index contributed by atoms with van der Waals surface area (Å²) in [6.45, 7) is 3.05. The van der Waals surface area contributed by atoms with Gasteiger partial charge in [0.25, 0.3) is 0 Å². The Balaban J connectivity index is 2.27. The second-order valence-corrected chi connectivity index (χ2v) is 4.28. The number of hydrogen-bond acceptors (Lipinski definition) is 4. The van der Waals surface area contributed by atoms with E-state index in [2.05, 4.69) is 16.6 Å². The van der Waals surface area contributed by atoms with E-state index in [4.69, 9.17) is 5.73 Å². The standard InChI is InChI=1S/C13H18N2O2/c1-3-15(10-5-6-10)12-7-4-9(8-11(12)14)13(16)17-2/h4,7-8,10H,3,5-6,14H2,1-2H3. The molecule has 2 N–H and O–H groups in total. The zero-order chi connectivity index (χ0) is 12.4. The topological polar surface area (TPSA) is 55.6 Å². The van der Waals surface area contributed by atoms with Gasteiger partial charge in [-0.3, -0.25) is 0 Å². The predicted octanol–water partition coefficient (Wildman–Crippen LogP) is 2.04. The van der Waals surface area contributed by atoms with E-state index in [0.29, 0.717) is 17.3 Å². The summed E-state index contributed by atoms with van der Waals surface area (Å²) in [5.74, 6) is -0.349. The lowest BCUT2D eigenvalue weighted by Gasteiger charge is -2.24. The minimum atomic E-state index is -0.349. The largest absolute Gasteiger partial charge is 0.465 e. The first kappa shape index (κ1) is 11.8. The molecule has 0 spiro atoms. The summed E-state index contributed by atoms with van der Waals surface area (Å²) in [7, 11) is 1.37. The van der Waals surface area contributed by atoms with Crippen LogP contribution < -0.4 is 10.6 Å². The Hall–Kier alpha value is -1.71. The Kier molecular flexibility index (Phi) is 3.22. The Labute approximate surface area is 101 Å². The molecule has 1 aromatic carbocycles. The molecule has 0 heterocycles. The van der Waals surface area contributed by atoms with Gasteiger partial charge in [-0.05, 0) is 38.0 Å². The molecular weight excluding hydrogens is 216 g/mol. The maximum atomic E-state index is 11.4. The van der Waals surface area contributed by atoms with Crippen molar-refractivity contribution in [2.24, 2.45) is 0 Å². The maximum absolute atomic E-state index is 11.4. The fraction of sp³-hybridized carbons (Fsp3) is 0.462. The van der Waals surface area contributed by atoms with Crippen molar-refractivity contribution in [3.8, 4) is 0 Å². The first-order chi connectivity index (χ1) is 8.17. The molecule has 2 rings (SSSR count). The highest BCUT2D eigenvalue weighted by Gasteiger charge is 2.29. The zero-order valence-corrected chi connectivity index (χ0v) is 10.3. The van der Waals surface area contributed by atoms with Crippen LogP contribution in [0.15, 0.2) is 18.2 Å². The highest BCUT2D eigenvalue weighted by Crippen LogP contribution is 2.34. The van der Waals surface area contributed by atoms with Crippen LogP contribution in [0.4, 0.5) is 11.4 Å². The Morgan fingerprint density at radius 3 is 2.71 bits per heavy atom. The van der Waals surface area contributed by atoms with Gasteiger partial charge in [-0.25, -0.2) is 4.79 Å². The lowest BCUT2D eigenvalue weighted by atomic mass is 10.1. The molecular formula is C13H18N2O2. The van der Waals surface area contributed by atoms with Crippen LogP contribution in [-0.4, -0.2) is 25.7 Å². The molecule has 0 saturated heterocycles. The van der Waals surface area contributed by atoms with E-state index in [9.17, 15) is 4.79 Å². The molecule has 17 heavy (non-hydrogen) atoms. The van der Waals surface area contributed by atoms with Crippen LogP contribution >= 0.6 is 0 Å². The van der Waals surface area contributed by atoms with Crippen molar-refractivity contribution in [3.63, 3.8) is 0 Å². The summed E-state index contributed by atoms with van der Waals surface area (Å²) < 4.78 is 4.67. The summed E-state index contributed by atoms with van der Waals surface area (Å²) in [4.78, 5) is 13.7. The molecule has 4 heteroatoms. The molecule has 1 aliphatic carbocycles. The van der Waals surface area contributed by atoms with E-state index in [1.807, 2.05) is 6.07 Å². The van der Waals surface area contributed by atoms with Gasteiger partial charge in [0.1, 0.15) is 0 Å². The van der Waals surface area contributed by atoms with Crippen molar-refractivity contribution in [3.05, 3.63) is 23.8 Å². The molecule has 0 radical (unpaired) electrons. The number of methoxy groups -OCH3 is 1. The molecule has 0 unspecified atom stereocenters. The second-order valence-electron chi connectivity index (χ2n) is 4.28. The number of anilines is 2. The molecule has 1 aromatic rings. The van der Waals surface area contributed by atoms with E-state index < -0.39 is 0 Å². The summed E-state index contributed by atoms with van der Waals surface area (Å²) in [6, 6.07) is 5.98. The summed E-state index contributed by atoms with van der Waals surface area (Å²) >= 11 is 0. The first-order valence-electron chi connectivity index (χ1n) is 5.91. The van der Waals surface area contributed by atoms with Crippen LogP contribution in [0.2, 0.25) is 0 Å². The highest BCUT2D eigenvalue weighted by molar-refractivity contribution is 5.92. The number of hydrogen-bond donors (Lipinski definition) is 1. The number of rotatable bonds is 4. The molecule has 0 amide bonds. The Morgan fingerprint density at radius 1 is 1.53 bits per heavy atom. The summed E-state index contributed by atoms with van der Waals surface area (Å²) in [5, 5.41) is 0. The van der Waals surface area contributed by atoms with E-state index >= 15 is 0 Å². The van der Waals surface area contributed by atoms with Crippen LogP contribution in [0.1, 0.15) is 30.1 Å². The van der Waals surface area contributed by atoms with Crippen LogP contribution in [0.3, 0.4) is 0 Å². The van der Waals surface area contributed by atoms with Gasteiger partial charge in [0.05, 0.1) is 24.0 Å². The fourth-order valence-corrected chi connectivity index (χ4v) is 2.07. The molecule has 4 nitrogen and oxygen atoms in total. The second kappa shape index (κ2) is 4.65. The van der Waals surface area contributed by atoms with E-state index in [0.717, 1.165) is 12.2 Å². The number of carbonyl (C=O) groups is 1. The molecule has 1 fully saturated rings. The molecule has 0 atom stereocenters. The van der Waals surface area contributed by atoms with Crippen LogP contribution in [0, 0.1) is 0 Å². The lowest BCUT2D eigenvalue weighted by Crippen LogP contribution is -2.26. The SMILES string of the molecule is CCN(c1ccc(C(=O)OC)cc1N)C1CC1. The van der Waals surface area contributed by atoms with Gasteiger partial charge < -0.3 is 15.4 Å². The third-order valence-electron chi connectivity index (χ3n) is 3.09. The minimum Gasteiger partial charge on any atom is -0.465 e. The molecule has 0 aliphatic heterocycles. The van der Waals surface area contributed by atoms with E-state index in [-0.39, 0.29) is 5.97 Å². The van der Waals surface area contributed by atoms with Gasteiger partial charge in [-0.2, -0.15) is 0 Å². The van der Waals surface area contributed by atoms with Gasteiger partial charge in [-0.15, -0.1) is 0 Å². The zero-order valence-electron chi connectivity index (χ0n) is 10.3. The van der Waals surface area contributed by atoms with Crippen LogP contribution in [0.5, 0.6) is 0 Å². The number of benzene rings is 1. The molecule has 1 saturated carbocycles. The Bertz CT molecular complexity index is 427. The van der Waals surface area contributed by atoms with Gasteiger partial charge >= 0.3 is 5.97 Å². The number of nitrogen functional groups attached to an aromatic ring is 1. The smallest absolute Gasteiger partial charge is 0.337 e. The van der Waals surface area contributed by atoms with E-state index in [1.54, 1.807) is 12.1 Å². The van der Waals surface area contributed by atoms with Gasteiger partial charge in [0.2, 0.25) is 0 Å². The fourth-order valence-electron chi connectivity index (χ4n) is 2.07. The highest BCUT2D eigenvalue weighted by atomic mass is 16.5.